The second-order valence-corrected chi connectivity index (χ2v) is 7.05. The van der Waals surface area contributed by atoms with Crippen molar-refractivity contribution in [2.75, 3.05) is 23.3 Å². The lowest BCUT2D eigenvalue weighted by atomic mass is 10.1. The third-order valence-electron chi connectivity index (χ3n) is 4.90. The summed E-state index contributed by atoms with van der Waals surface area (Å²) in [7, 11) is 0. The Morgan fingerprint density at radius 2 is 2.04 bits per heavy atom. The number of rotatable bonds is 8. The van der Waals surface area contributed by atoms with Gasteiger partial charge in [0.1, 0.15) is 18.1 Å². The van der Waals surface area contributed by atoms with Gasteiger partial charge < -0.3 is 25.7 Å². The molecule has 1 fully saturated rings. The lowest BCUT2D eigenvalue weighted by Gasteiger charge is -2.20. The van der Waals surface area contributed by atoms with E-state index in [9.17, 15) is 9.59 Å². The largest absolute Gasteiger partial charge is 0.467 e. The van der Waals surface area contributed by atoms with Crippen molar-refractivity contribution in [2.24, 2.45) is 5.73 Å². The minimum absolute atomic E-state index is 0.222. The molecule has 0 radical (unpaired) electrons. The van der Waals surface area contributed by atoms with Crippen molar-refractivity contribution in [2.45, 2.75) is 45.2 Å². The van der Waals surface area contributed by atoms with Gasteiger partial charge in [0.25, 0.3) is 5.91 Å². The van der Waals surface area contributed by atoms with E-state index in [1.807, 2.05) is 25.1 Å². The van der Waals surface area contributed by atoms with E-state index in [0.717, 1.165) is 30.9 Å². The molecule has 150 valence electrons. The van der Waals surface area contributed by atoms with Crippen molar-refractivity contribution < 1.29 is 14.0 Å². The number of hydrogen-bond donors (Lipinski definition) is 3. The van der Waals surface area contributed by atoms with Crippen molar-refractivity contribution in [3.05, 3.63) is 47.9 Å². The van der Waals surface area contributed by atoms with Gasteiger partial charge in [0.15, 0.2) is 0 Å². The predicted molar refractivity (Wildman–Crippen MR) is 109 cm³/mol. The van der Waals surface area contributed by atoms with Crippen LogP contribution in [0.4, 0.5) is 11.4 Å². The van der Waals surface area contributed by atoms with E-state index < -0.39 is 6.04 Å². The Bertz CT molecular complexity index is 811. The zero-order valence-corrected chi connectivity index (χ0v) is 16.2. The summed E-state index contributed by atoms with van der Waals surface area (Å²) >= 11 is 0. The van der Waals surface area contributed by atoms with Crippen LogP contribution in [0, 0.1) is 0 Å². The first kappa shape index (κ1) is 19.9. The van der Waals surface area contributed by atoms with Crippen LogP contribution in [0.2, 0.25) is 0 Å². The maximum atomic E-state index is 12.8. The number of benzene rings is 1. The van der Waals surface area contributed by atoms with Crippen molar-refractivity contribution in [1.29, 1.82) is 0 Å². The maximum Gasteiger partial charge on any atom is 0.255 e. The molecule has 2 amide bonds. The third-order valence-corrected chi connectivity index (χ3v) is 4.90. The second-order valence-electron chi connectivity index (χ2n) is 7.05. The Hall–Kier alpha value is -2.80. The van der Waals surface area contributed by atoms with Crippen molar-refractivity contribution in [3.8, 4) is 0 Å². The van der Waals surface area contributed by atoms with Gasteiger partial charge >= 0.3 is 0 Å². The Balaban J connectivity index is 1.65. The average molecular weight is 384 g/mol. The van der Waals surface area contributed by atoms with Crippen molar-refractivity contribution >= 4 is 23.2 Å². The van der Waals surface area contributed by atoms with Crippen LogP contribution in [0.1, 0.15) is 48.7 Å². The predicted octanol–water partition coefficient (Wildman–Crippen LogP) is 2.88. The Labute approximate surface area is 165 Å². The van der Waals surface area contributed by atoms with Gasteiger partial charge in [-0.1, -0.05) is 19.4 Å². The molecule has 1 aliphatic heterocycles. The van der Waals surface area contributed by atoms with Gasteiger partial charge in [0.2, 0.25) is 5.91 Å². The SMILES string of the molecule is CCCC(NC(=O)c1coc(CN)c1)C(=O)Nc1cccc(N2CCCC2)c1. The first-order chi connectivity index (χ1) is 13.6. The lowest BCUT2D eigenvalue weighted by Crippen LogP contribution is -2.43. The molecule has 2 heterocycles. The number of hydrogen-bond acceptors (Lipinski definition) is 5. The molecule has 1 atom stereocenters. The van der Waals surface area contributed by atoms with Gasteiger partial charge in [-0.2, -0.15) is 0 Å². The summed E-state index contributed by atoms with van der Waals surface area (Å²) < 4.78 is 5.20. The standard InChI is InChI=1S/C21H28N4O3/c1-2-6-19(24-20(26)15-11-18(13-22)28-14-15)21(27)23-16-7-5-8-17(12-16)25-9-3-4-10-25/h5,7-8,11-12,14,19H,2-4,6,9-10,13,22H2,1H3,(H,23,27)(H,24,26). The molecule has 1 aromatic heterocycles. The molecule has 2 aromatic rings. The van der Waals surface area contributed by atoms with Crippen LogP contribution in [0.5, 0.6) is 0 Å². The fraction of sp³-hybridized carbons (Fsp3) is 0.429. The highest BCUT2D eigenvalue weighted by molar-refractivity contribution is 6.01. The van der Waals surface area contributed by atoms with E-state index >= 15 is 0 Å². The molecule has 7 nitrogen and oxygen atoms in total. The topological polar surface area (TPSA) is 101 Å². The van der Waals surface area contributed by atoms with E-state index in [1.54, 1.807) is 6.07 Å². The minimum Gasteiger partial charge on any atom is -0.467 e. The molecule has 1 saturated heterocycles. The molecule has 0 spiro atoms. The normalized spacial score (nSPS) is 14.7. The monoisotopic (exact) mass is 384 g/mol. The third kappa shape index (κ3) is 4.92. The number of nitrogens with one attached hydrogen (secondary N) is 2. The summed E-state index contributed by atoms with van der Waals surface area (Å²) in [6.07, 6.45) is 5.07. The number of amides is 2. The summed E-state index contributed by atoms with van der Waals surface area (Å²) in [5.41, 5.74) is 7.72. The van der Waals surface area contributed by atoms with Gasteiger partial charge in [-0.3, -0.25) is 9.59 Å². The molecule has 0 bridgehead atoms. The molecule has 0 saturated carbocycles. The molecule has 0 aliphatic carbocycles. The summed E-state index contributed by atoms with van der Waals surface area (Å²) in [4.78, 5) is 27.5. The van der Waals surface area contributed by atoms with Crippen LogP contribution in [0.15, 0.2) is 41.0 Å². The first-order valence-electron chi connectivity index (χ1n) is 9.85. The Morgan fingerprint density at radius 3 is 2.71 bits per heavy atom. The van der Waals surface area contributed by atoms with E-state index in [4.69, 9.17) is 10.2 Å². The summed E-state index contributed by atoms with van der Waals surface area (Å²) in [5, 5.41) is 5.74. The van der Waals surface area contributed by atoms with Crippen molar-refractivity contribution in [1.82, 2.24) is 5.32 Å². The van der Waals surface area contributed by atoms with Crippen molar-refractivity contribution in [3.63, 3.8) is 0 Å². The minimum atomic E-state index is -0.621. The van der Waals surface area contributed by atoms with Gasteiger partial charge in [0, 0.05) is 24.5 Å². The van der Waals surface area contributed by atoms with E-state index in [2.05, 4.69) is 21.6 Å². The van der Waals surface area contributed by atoms with Gasteiger partial charge in [-0.05, 0) is 43.5 Å². The van der Waals surface area contributed by atoms with Crippen LogP contribution in [0.3, 0.4) is 0 Å². The number of anilines is 2. The summed E-state index contributed by atoms with van der Waals surface area (Å²) in [6.45, 7) is 4.28. The number of nitrogens with zero attached hydrogens (tertiary/aromatic N) is 1. The van der Waals surface area contributed by atoms with Crippen LogP contribution < -0.4 is 21.3 Å². The van der Waals surface area contributed by atoms with E-state index in [1.165, 1.54) is 19.1 Å². The Kier molecular flexibility index (Phi) is 6.71. The highest BCUT2D eigenvalue weighted by Crippen LogP contribution is 2.23. The first-order valence-corrected chi connectivity index (χ1v) is 9.85. The average Bonchev–Trinajstić information content (AvgIpc) is 3.39. The maximum absolute atomic E-state index is 12.8. The molecule has 28 heavy (non-hydrogen) atoms. The van der Waals surface area contributed by atoms with E-state index in [-0.39, 0.29) is 18.4 Å². The molecule has 7 heteroatoms. The summed E-state index contributed by atoms with van der Waals surface area (Å²) in [6, 6.07) is 8.82. The van der Waals surface area contributed by atoms with Gasteiger partial charge in [-0.25, -0.2) is 0 Å². The van der Waals surface area contributed by atoms with Gasteiger partial charge in [0.05, 0.1) is 12.1 Å². The number of furan rings is 1. The fourth-order valence-electron chi connectivity index (χ4n) is 3.39. The smallest absolute Gasteiger partial charge is 0.255 e. The molecule has 1 aliphatic rings. The molecule has 4 N–H and O–H groups in total. The molecular weight excluding hydrogens is 356 g/mol. The van der Waals surface area contributed by atoms with E-state index in [0.29, 0.717) is 17.7 Å². The molecule has 3 rings (SSSR count). The molecule has 1 unspecified atom stereocenters. The van der Waals surface area contributed by atoms with Crippen LogP contribution in [0.25, 0.3) is 0 Å². The van der Waals surface area contributed by atoms with Crippen LogP contribution >= 0.6 is 0 Å². The van der Waals surface area contributed by atoms with Crippen LogP contribution in [-0.4, -0.2) is 30.9 Å². The van der Waals surface area contributed by atoms with Gasteiger partial charge in [-0.15, -0.1) is 0 Å². The lowest BCUT2D eigenvalue weighted by molar-refractivity contribution is -0.118. The number of carbonyl (C=O) groups excluding carboxylic acids is 2. The highest BCUT2D eigenvalue weighted by Gasteiger charge is 2.22. The second kappa shape index (κ2) is 9.41. The molecule has 1 aromatic carbocycles. The number of carbonyl (C=O) groups is 2. The molecular formula is C21H28N4O3. The Morgan fingerprint density at radius 1 is 1.25 bits per heavy atom. The zero-order chi connectivity index (χ0) is 19.9. The number of nitrogens with two attached hydrogens (primary N) is 1. The highest BCUT2D eigenvalue weighted by atomic mass is 16.3. The summed E-state index contributed by atoms with van der Waals surface area (Å²) in [5.74, 6) is -0.0421. The zero-order valence-electron chi connectivity index (χ0n) is 16.2. The quantitative estimate of drug-likeness (QED) is 0.650. The fourth-order valence-corrected chi connectivity index (χ4v) is 3.39. The van der Waals surface area contributed by atoms with Crippen LogP contribution in [-0.2, 0) is 11.3 Å².